The summed E-state index contributed by atoms with van der Waals surface area (Å²) in [6, 6.07) is 0.121. The molecule has 0 aromatic carbocycles. The summed E-state index contributed by atoms with van der Waals surface area (Å²) in [6.45, 7) is 5.06. The van der Waals surface area contributed by atoms with Crippen molar-refractivity contribution in [3.63, 3.8) is 0 Å². The van der Waals surface area contributed by atoms with Crippen molar-refractivity contribution < 1.29 is 14.4 Å². The van der Waals surface area contributed by atoms with Gasteiger partial charge in [-0.25, -0.2) is 0 Å². The summed E-state index contributed by atoms with van der Waals surface area (Å²) in [5, 5.41) is 9.00. The molecule has 1 saturated heterocycles. The van der Waals surface area contributed by atoms with E-state index in [2.05, 4.69) is 33.1 Å². The zero-order valence-electron chi connectivity index (χ0n) is 16.2. The van der Waals surface area contributed by atoms with Crippen molar-refractivity contribution in [1.82, 2.24) is 20.9 Å². The zero-order valence-corrected chi connectivity index (χ0v) is 16.2. The standard InChI is InChI=1S/C19H29N5O3/c1-11(2)23-14(25)6-7-21-19(20-3)22-8-9-24-17(26)15-12-4-5-13(10-12)16(15)18(24)27/h4-5,11-13,15-16H,6-10H2,1-3H3,(H,23,25)(H2,20,21,22). The number of likely N-dealkylation sites (tertiary alicyclic amines) is 1. The van der Waals surface area contributed by atoms with E-state index in [1.807, 2.05) is 13.8 Å². The maximum absolute atomic E-state index is 12.6. The smallest absolute Gasteiger partial charge is 0.233 e. The molecule has 27 heavy (non-hydrogen) atoms. The van der Waals surface area contributed by atoms with Crippen LogP contribution < -0.4 is 16.0 Å². The van der Waals surface area contributed by atoms with E-state index in [4.69, 9.17) is 0 Å². The van der Waals surface area contributed by atoms with Gasteiger partial charge in [0, 0.05) is 39.1 Å². The van der Waals surface area contributed by atoms with Gasteiger partial charge in [-0.2, -0.15) is 0 Å². The molecule has 4 unspecified atom stereocenters. The Bertz CT molecular complexity index is 642. The molecule has 148 valence electrons. The van der Waals surface area contributed by atoms with Gasteiger partial charge in [-0.05, 0) is 32.1 Å². The second-order valence-corrected chi connectivity index (χ2v) is 7.73. The van der Waals surface area contributed by atoms with Crippen molar-refractivity contribution in [3.8, 4) is 0 Å². The summed E-state index contributed by atoms with van der Waals surface area (Å²) in [7, 11) is 1.64. The summed E-state index contributed by atoms with van der Waals surface area (Å²) in [5.41, 5.74) is 0. The highest BCUT2D eigenvalue weighted by atomic mass is 16.2. The van der Waals surface area contributed by atoms with E-state index in [1.165, 1.54) is 4.90 Å². The number of nitrogens with zero attached hydrogens (tertiary/aromatic N) is 2. The third-order valence-corrected chi connectivity index (χ3v) is 5.51. The molecule has 8 heteroatoms. The van der Waals surface area contributed by atoms with Gasteiger partial charge in [0.05, 0.1) is 11.8 Å². The third-order valence-electron chi connectivity index (χ3n) is 5.51. The molecule has 1 saturated carbocycles. The quantitative estimate of drug-likeness (QED) is 0.249. The molecule has 3 rings (SSSR count). The van der Waals surface area contributed by atoms with Gasteiger partial charge in [0.1, 0.15) is 0 Å². The van der Waals surface area contributed by atoms with Gasteiger partial charge >= 0.3 is 0 Å². The van der Waals surface area contributed by atoms with Gasteiger partial charge in [0.15, 0.2) is 5.96 Å². The zero-order chi connectivity index (χ0) is 19.6. The largest absolute Gasteiger partial charge is 0.356 e. The molecule has 1 heterocycles. The predicted octanol–water partition coefficient (Wildman–Crippen LogP) is -0.127. The van der Waals surface area contributed by atoms with Crippen LogP contribution >= 0.6 is 0 Å². The van der Waals surface area contributed by atoms with Gasteiger partial charge in [0.25, 0.3) is 0 Å². The lowest BCUT2D eigenvalue weighted by molar-refractivity contribution is -0.140. The van der Waals surface area contributed by atoms with Crippen LogP contribution in [0.3, 0.4) is 0 Å². The van der Waals surface area contributed by atoms with Gasteiger partial charge in [-0.15, -0.1) is 0 Å². The highest BCUT2D eigenvalue weighted by Crippen LogP contribution is 2.52. The number of carbonyl (C=O) groups is 3. The first kappa shape index (κ1) is 19.4. The lowest BCUT2D eigenvalue weighted by Crippen LogP contribution is -2.44. The van der Waals surface area contributed by atoms with Crippen molar-refractivity contribution in [2.45, 2.75) is 32.7 Å². The second kappa shape index (κ2) is 8.10. The van der Waals surface area contributed by atoms with Crippen LogP contribution in [-0.4, -0.2) is 61.3 Å². The summed E-state index contributed by atoms with van der Waals surface area (Å²) in [4.78, 5) is 42.4. The van der Waals surface area contributed by atoms with Crippen LogP contribution in [0.4, 0.5) is 0 Å². The average molecular weight is 375 g/mol. The fourth-order valence-electron chi connectivity index (χ4n) is 4.38. The molecule has 0 spiro atoms. The van der Waals surface area contributed by atoms with Crippen LogP contribution in [0.5, 0.6) is 0 Å². The fourth-order valence-corrected chi connectivity index (χ4v) is 4.38. The average Bonchev–Trinajstić information content (AvgIpc) is 3.29. The second-order valence-electron chi connectivity index (χ2n) is 7.73. The number of hydrogen-bond acceptors (Lipinski definition) is 4. The number of carbonyl (C=O) groups excluding carboxylic acids is 3. The molecule has 3 amide bonds. The minimum absolute atomic E-state index is 0.0176. The van der Waals surface area contributed by atoms with Crippen LogP contribution in [0.25, 0.3) is 0 Å². The number of nitrogens with one attached hydrogen (secondary N) is 3. The molecule has 0 aromatic heterocycles. The molecular formula is C19H29N5O3. The minimum atomic E-state index is -0.149. The van der Waals surface area contributed by atoms with Gasteiger partial charge in [-0.3, -0.25) is 24.3 Å². The molecule has 2 fully saturated rings. The highest BCUT2D eigenvalue weighted by Gasteiger charge is 2.58. The van der Waals surface area contributed by atoms with E-state index in [1.54, 1.807) is 7.05 Å². The number of rotatable bonds is 7. The third kappa shape index (κ3) is 3.99. The van der Waals surface area contributed by atoms with Crippen molar-refractivity contribution in [2.75, 3.05) is 26.7 Å². The fraction of sp³-hybridized carbons (Fsp3) is 0.684. The molecule has 3 aliphatic rings. The maximum Gasteiger partial charge on any atom is 0.233 e. The molecule has 0 aromatic rings. The number of aliphatic imine (C=N–C) groups is 1. The molecule has 0 radical (unpaired) electrons. The monoisotopic (exact) mass is 375 g/mol. The lowest BCUT2D eigenvalue weighted by Gasteiger charge is -2.18. The van der Waals surface area contributed by atoms with Crippen LogP contribution in [-0.2, 0) is 14.4 Å². The first-order valence-corrected chi connectivity index (χ1v) is 9.69. The predicted molar refractivity (Wildman–Crippen MR) is 102 cm³/mol. The first-order chi connectivity index (χ1) is 12.9. The Kier molecular flexibility index (Phi) is 5.82. The summed E-state index contributed by atoms with van der Waals surface area (Å²) < 4.78 is 0. The van der Waals surface area contributed by atoms with Crippen LogP contribution in [0.2, 0.25) is 0 Å². The van der Waals surface area contributed by atoms with E-state index in [9.17, 15) is 14.4 Å². The first-order valence-electron chi connectivity index (χ1n) is 9.69. The molecule has 8 nitrogen and oxygen atoms in total. The Labute approximate surface area is 159 Å². The topological polar surface area (TPSA) is 103 Å². The molecule has 2 bridgehead atoms. The van der Waals surface area contributed by atoms with E-state index in [0.29, 0.717) is 32.0 Å². The normalized spacial score (nSPS) is 28.9. The van der Waals surface area contributed by atoms with Gasteiger partial charge in [0.2, 0.25) is 17.7 Å². The summed E-state index contributed by atoms with van der Waals surface area (Å²) in [6.07, 6.45) is 5.49. The molecule has 2 aliphatic carbocycles. The molecular weight excluding hydrogens is 346 g/mol. The molecule has 3 N–H and O–H groups in total. The van der Waals surface area contributed by atoms with E-state index >= 15 is 0 Å². The Morgan fingerprint density at radius 1 is 1.15 bits per heavy atom. The van der Waals surface area contributed by atoms with Crippen LogP contribution in [0.15, 0.2) is 17.1 Å². The van der Waals surface area contributed by atoms with Crippen molar-refractivity contribution in [3.05, 3.63) is 12.2 Å². The van der Waals surface area contributed by atoms with E-state index < -0.39 is 0 Å². The summed E-state index contributed by atoms with van der Waals surface area (Å²) in [5.74, 6) is 0.647. The van der Waals surface area contributed by atoms with Crippen molar-refractivity contribution in [2.24, 2.45) is 28.7 Å². The number of amides is 3. The molecule has 1 aliphatic heterocycles. The Morgan fingerprint density at radius 3 is 2.30 bits per heavy atom. The number of hydrogen-bond donors (Lipinski definition) is 3. The van der Waals surface area contributed by atoms with E-state index in [0.717, 1.165) is 6.42 Å². The lowest BCUT2D eigenvalue weighted by atomic mass is 9.85. The SMILES string of the molecule is CN=C(NCCC(=O)NC(C)C)NCCN1C(=O)C2C3C=CC(C3)C2C1=O. The highest BCUT2D eigenvalue weighted by molar-refractivity contribution is 6.06. The summed E-state index contributed by atoms with van der Waals surface area (Å²) >= 11 is 0. The Morgan fingerprint density at radius 2 is 1.74 bits per heavy atom. The maximum atomic E-state index is 12.6. The van der Waals surface area contributed by atoms with Gasteiger partial charge < -0.3 is 16.0 Å². The number of fused-ring (bicyclic) bond motifs is 5. The Hall–Kier alpha value is -2.38. The number of imide groups is 1. The van der Waals surface area contributed by atoms with Crippen LogP contribution in [0, 0.1) is 23.7 Å². The number of guanidine groups is 1. The number of allylic oxidation sites excluding steroid dienone is 2. The minimum Gasteiger partial charge on any atom is -0.356 e. The van der Waals surface area contributed by atoms with Crippen LogP contribution in [0.1, 0.15) is 26.7 Å². The molecule has 4 atom stereocenters. The van der Waals surface area contributed by atoms with Crippen molar-refractivity contribution >= 4 is 23.7 Å². The Balaban J connectivity index is 1.41. The van der Waals surface area contributed by atoms with Crippen molar-refractivity contribution in [1.29, 1.82) is 0 Å². The van der Waals surface area contributed by atoms with E-state index in [-0.39, 0.29) is 47.4 Å². The van der Waals surface area contributed by atoms with Gasteiger partial charge in [-0.1, -0.05) is 12.2 Å².